The number of nitro benzene ring substituents is 1. The molecule has 0 spiro atoms. The van der Waals surface area contributed by atoms with Gasteiger partial charge in [0.25, 0.3) is 5.69 Å². The van der Waals surface area contributed by atoms with Gasteiger partial charge in [-0.05, 0) is 13.0 Å². The number of hydrogen-bond acceptors (Lipinski definition) is 8. The van der Waals surface area contributed by atoms with Crippen LogP contribution in [0.25, 0.3) is 0 Å². The Morgan fingerprint density at radius 1 is 1.38 bits per heavy atom. The quantitative estimate of drug-likeness (QED) is 0.612. The largest absolute Gasteiger partial charge is 0.368 e. The minimum atomic E-state index is -0.491. The lowest BCUT2D eigenvalue weighted by atomic mass is 10.1. The number of hydrogen-bond donors (Lipinski definition) is 0. The average molecular weight is 328 g/mol. The standard InChI is InChI=1S/C15H16N6O3/c1-11-17-15(24-18-11)10-19-4-6-20(7-5-19)14-3-2-13(21(22)23)8-12(14)9-16/h2-3,8H,4-7,10H2,1H3. The molecule has 9 heteroatoms. The van der Waals surface area contributed by atoms with Gasteiger partial charge in [-0.2, -0.15) is 10.2 Å². The number of aryl methyl sites for hydroxylation is 1. The molecule has 1 aromatic carbocycles. The highest BCUT2D eigenvalue weighted by Gasteiger charge is 2.22. The van der Waals surface area contributed by atoms with Gasteiger partial charge in [0.2, 0.25) is 5.89 Å². The second kappa shape index (κ2) is 6.64. The molecule has 0 N–H and O–H groups in total. The lowest BCUT2D eigenvalue weighted by Gasteiger charge is -2.35. The molecule has 2 aromatic rings. The topological polar surface area (TPSA) is 112 Å². The third-order valence-electron chi connectivity index (χ3n) is 3.95. The number of non-ortho nitro benzene ring substituents is 1. The van der Waals surface area contributed by atoms with Gasteiger partial charge in [0.15, 0.2) is 5.82 Å². The van der Waals surface area contributed by atoms with Gasteiger partial charge in [-0.25, -0.2) is 0 Å². The summed E-state index contributed by atoms with van der Waals surface area (Å²) in [4.78, 5) is 18.8. The summed E-state index contributed by atoms with van der Waals surface area (Å²) >= 11 is 0. The lowest BCUT2D eigenvalue weighted by molar-refractivity contribution is -0.384. The molecule has 9 nitrogen and oxygen atoms in total. The molecule has 0 radical (unpaired) electrons. The van der Waals surface area contributed by atoms with E-state index in [4.69, 9.17) is 4.52 Å². The first kappa shape index (κ1) is 15.9. The monoisotopic (exact) mass is 328 g/mol. The molecule has 3 rings (SSSR count). The van der Waals surface area contributed by atoms with Gasteiger partial charge in [-0.1, -0.05) is 5.16 Å². The summed E-state index contributed by atoms with van der Waals surface area (Å²) in [6, 6.07) is 6.45. The van der Waals surface area contributed by atoms with Gasteiger partial charge in [-0.3, -0.25) is 15.0 Å². The maximum Gasteiger partial charge on any atom is 0.270 e. The van der Waals surface area contributed by atoms with Crippen LogP contribution in [0.1, 0.15) is 17.3 Å². The molecular formula is C15H16N6O3. The Morgan fingerprint density at radius 2 is 2.12 bits per heavy atom. The van der Waals surface area contributed by atoms with Crippen LogP contribution >= 0.6 is 0 Å². The van der Waals surface area contributed by atoms with Gasteiger partial charge < -0.3 is 9.42 Å². The van der Waals surface area contributed by atoms with Crippen molar-refractivity contribution in [3.05, 3.63) is 45.6 Å². The van der Waals surface area contributed by atoms with Gasteiger partial charge in [0.1, 0.15) is 6.07 Å². The highest BCUT2D eigenvalue weighted by Crippen LogP contribution is 2.26. The van der Waals surface area contributed by atoms with Crippen LogP contribution in [0, 0.1) is 28.4 Å². The van der Waals surface area contributed by atoms with Crippen LogP contribution in [0.5, 0.6) is 0 Å². The Balaban J connectivity index is 1.66. The molecule has 1 aliphatic heterocycles. The number of aromatic nitrogens is 2. The van der Waals surface area contributed by atoms with Crippen LogP contribution in [0.4, 0.5) is 11.4 Å². The molecule has 1 saturated heterocycles. The fraction of sp³-hybridized carbons (Fsp3) is 0.400. The molecule has 1 aliphatic rings. The number of anilines is 1. The summed E-state index contributed by atoms with van der Waals surface area (Å²) in [6.45, 7) is 5.38. The SMILES string of the molecule is Cc1noc(CN2CCN(c3ccc([N+](=O)[O-])cc3C#N)CC2)n1. The number of piperazine rings is 1. The van der Waals surface area contributed by atoms with E-state index in [9.17, 15) is 15.4 Å². The van der Waals surface area contributed by atoms with Crippen molar-refractivity contribution in [1.29, 1.82) is 5.26 Å². The maximum absolute atomic E-state index is 10.8. The van der Waals surface area contributed by atoms with E-state index in [0.29, 0.717) is 23.8 Å². The first-order valence-electron chi connectivity index (χ1n) is 7.52. The molecule has 2 heterocycles. The third-order valence-corrected chi connectivity index (χ3v) is 3.95. The highest BCUT2D eigenvalue weighted by atomic mass is 16.6. The van der Waals surface area contributed by atoms with E-state index in [0.717, 1.165) is 31.9 Å². The van der Waals surface area contributed by atoms with Crippen molar-refractivity contribution in [3.63, 3.8) is 0 Å². The van der Waals surface area contributed by atoms with Crippen LogP contribution in [0.15, 0.2) is 22.7 Å². The van der Waals surface area contributed by atoms with E-state index in [1.54, 1.807) is 13.0 Å². The van der Waals surface area contributed by atoms with Crippen LogP contribution < -0.4 is 4.90 Å². The van der Waals surface area contributed by atoms with E-state index >= 15 is 0 Å². The Kier molecular flexibility index (Phi) is 4.39. The fourth-order valence-corrected chi connectivity index (χ4v) is 2.75. The van der Waals surface area contributed by atoms with Crippen LogP contribution in [0.2, 0.25) is 0 Å². The third kappa shape index (κ3) is 3.33. The first-order chi connectivity index (χ1) is 11.6. The Morgan fingerprint density at radius 3 is 2.71 bits per heavy atom. The summed E-state index contributed by atoms with van der Waals surface area (Å²) in [5.74, 6) is 1.21. The van der Waals surface area contributed by atoms with E-state index in [1.165, 1.54) is 12.1 Å². The van der Waals surface area contributed by atoms with Crippen molar-refractivity contribution < 1.29 is 9.45 Å². The molecule has 0 atom stereocenters. The molecule has 124 valence electrons. The van der Waals surface area contributed by atoms with E-state index < -0.39 is 4.92 Å². The molecule has 24 heavy (non-hydrogen) atoms. The van der Waals surface area contributed by atoms with Crippen molar-refractivity contribution in [2.75, 3.05) is 31.1 Å². The van der Waals surface area contributed by atoms with Crippen LogP contribution in [-0.2, 0) is 6.54 Å². The number of nitrogens with zero attached hydrogens (tertiary/aromatic N) is 6. The zero-order valence-corrected chi connectivity index (χ0v) is 13.2. The van der Waals surface area contributed by atoms with Gasteiger partial charge in [0, 0.05) is 38.3 Å². The van der Waals surface area contributed by atoms with Crippen molar-refractivity contribution >= 4 is 11.4 Å². The molecule has 0 unspecified atom stereocenters. The Bertz CT molecular complexity index is 789. The smallest absolute Gasteiger partial charge is 0.270 e. The summed E-state index contributed by atoms with van der Waals surface area (Å²) in [7, 11) is 0. The first-order valence-corrected chi connectivity index (χ1v) is 7.52. The fourth-order valence-electron chi connectivity index (χ4n) is 2.75. The second-order valence-electron chi connectivity index (χ2n) is 5.57. The zero-order chi connectivity index (χ0) is 17.1. The van der Waals surface area contributed by atoms with E-state index in [-0.39, 0.29) is 5.69 Å². The van der Waals surface area contributed by atoms with Crippen molar-refractivity contribution in [1.82, 2.24) is 15.0 Å². The van der Waals surface area contributed by atoms with Crippen molar-refractivity contribution in [2.24, 2.45) is 0 Å². The van der Waals surface area contributed by atoms with Gasteiger partial charge in [0.05, 0.1) is 22.7 Å². The maximum atomic E-state index is 10.8. The van der Waals surface area contributed by atoms with Crippen LogP contribution in [0.3, 0.4) is 0 Å². The molecule has 0 aliphatic carbocycles. The summed E-state index contributed by atoms with van der Waals surface area (Å²) in [5.41, 5.74) is 0.988. The van der Waals surface area contributed by atoms with Gasteiger partial charge >= 0.3 is 0 Å². The number of benzene rings is 1. The van der Waals surface area contributed by atoms with Crippen LogP contribution in [-0.4, -0.2) is 46.1 Å². The van der Waals surface area contributed by atoms with E-state index in [2.05, 4.69) is 19.9 Å². The lowest BCUT2D eigenvalue weighted by Crippen LogP contribution is -2.46. The summed E-state index contributed by atoms with van der Waals surface area (Å²) in [5, 5.41) is 23.9. The second-order valence-corrected chi connectivity index (χ2v) is 5.57. The molecule has 1 aromatic heterocycles. The van der Waals surface area contributed by atoms with Crippen molar-refractivity contribution in [3.8, 4) is 6.07 Å². The predicted octanol–water partition coefficient (Wildman–Crippen LogP) is 1.48. The molecule has 1 fully saturated rings. The Labute approximate surface area is 138 Å². The van der Waals surface area contributed by atoms with E-state index in [1.807, 2.05) is 6.07 Å². The molecular weight excluding hydrogens is 312 g/mol. The molecule has 0 bridgehead atoms. The minimum absolute atomic E-state index is 0.0688. The Hall–Kier alpha value is -2.99. The normalized spacial score (nSPS) is 15.2. The summed E-state index contributed by atoms with van der Waals surface area (Å²) in [6.07, 6.45) is 0. The summed E-state index contributed by atoms with van der Waals surface area (Å²) < 4.78 is 5.13. The number of rotatable bonds is 4. The predicted molar refractivity (Wildman–Crippen MR) is 84.3 cm³/mol. The number of nitriles is 1. The minimum Gasteiger partial charge on any atom is -0.368 e. The number of nitro groups is 1. The molecule has 0 saturated carbocycles. The highest BCUT2D eigenvalue weighted by molar-refractivity contribution is 5.63. The average Bonchev–Trinajstić information content (AvgIpc) is 3.00. The van der Waals surface area contributed by atoms with Crippen molar-refractivity contribution in [2.45, 2.75) is 13.5 Å². The van der Waals surface area contributed by atoms with Gasteiger partial charge in [-0.15, -0.1) is 0 Å². The zero-order valence-electron chi connectivity index (χ0n) is 13.2. The molecule has 0 amide bonds.